The van der Waals surface area contributed by atoms with Crippen molar-refractivity contribution in [3.63, 3.8) is 0 Å². The summed E-state index contributed by atoms with van der Waals surface area (Å²) in [5, 5.41) is 3.19. The number of hydrogen-bond acceptors (Lipinski definition) is 4. The molecule has 1 aromatic carbocycles. The van der Waals surface area contributed by atoms with Gasteiger partial charge in [0.25, 0.3) is 0 Å². The van der Waals surface area contributed by atoms with Crippen molar-refractivity contribution >= 4 is 5.97 Å². The molecule has 0 saturated heterocycles. The summed E-state index contributed by atoms with van der Waals surface area (Å²) >= 11 is 0. The van der Waals surface area contributed by atoms with Crippen molar-refractivity contribution in [1.82, 2.24) is 10.2 Å². The Kier molecular flexibility index (Phi) is 6.85. The molecule has 1 rings (SSSR count). The molecule has 0 aliphatic rings. The number of ether oxygens (including phenoxy) is 1. The predicted molar refractivity (Wildman–Crippen MR) is 86.1 cm³/mol. The zero-order valence-corrected chi connectivity index (χ0v) is 13.8. The van der Waals surface area contributed by atoms with Crippen LogP contribution in [0.3, 0.4) is 0 Å². The third-order valence-corrected chi connectivity index (χ3v) is 4.05. The summed E-state index contributed by atoms with van der Waals surface area (Å²) in [5.74, 6) is 0.338. The van der Waals surface area contributed by atoms with E-state index in [0.717, 1.165) is 18.5 Å². The number of nitrogens with zero attached hydrogens (tertiary/aromatic N) is 1. The van der Waals surface area contributed by atoms with Gasteiger partial charge in [0.2, 0.25) is 0 Å². The lowest BCUT2D eigenvalue weighted by molar-refractivity contribution is -0.149. The van der Waals surface area contributed by atoms with E-state index in [1.165, 1.54) is 7.11 Å². The topological polar surface area (TPSA) is 41.6 Å². The fraction of sp³-hybridized carbons (Fsp3) is 0.588. The highest BCUT2D eigenvalue weighted by Crippen LogP contribution is 2.24. The molecule has 0 saturated carbocycles. The first-order chi connectivity index (χ1) is 10.00. The fourth-order valence-electron chi connectivity index (χ4n) is 2.63. The van der Waals surface area contributed by atoms with Crippen LogP contribution in [0, 0.1) is 5.92 Å². The Morgan fingerprint density at radius 1 is 1.38 bits per heavy atom. The quantitative estimate of drug-likeness (QED) is 0.746. The van der Waals surface area contributed by atoms with Crippen molar-refractivity contribution < 1.29 is 9.53 Å². The highest BCUT2D eigenvalue weighted by molar-refractivity contribution is 5.83. The van der Waals surface area contributed by atoms with Gasteiger partial charge < -0.3 is 15.0 Å². The van der Waals surface area contributed by atoms with Crippen LogP contribution in [0.15, 0.2) is 30.3 Å². The van der Waals surface area contributed by atoms with E-state index >= 15 is 0 Å². The minimum absolute atomic E-state index is 0.257. The number of esters is 1. The maximum Gasteiger partial charge on any atom is 0.332 e. The van der Waals surface area contributed by atoms with Gasteiger partial charge in [0.1, 0.15) is 0 Å². The van der Waals surface area contributed by atoms with Crippen LogP contribution < -0.4 is 5.32 Å². The molecule has 0 radical (unpaired) electrons. The first kappa shape index (κ1) is 17.7. The van der Waals surface area contributed by atoms with Gasteiger partial charge >= 0.3 is 5.97 Å². The highest BCUT2D eigenvalue weighted by atomic mass is 16.5. The highest BCUT2D eigenvalue weighted by Gasteiger charge is 2.41. The molecule has 118 valence electrons. The summed E-state index contributed by atoms with van der Waals surface area (Å²) in [6, 6.07) is 9.76. The van der Waals surface area contributed by atoms with E-state index in [-0.39, 0.29) is 5.97 Å². The average Bonchev–Trinajstić information content (AvgIpc) is 2.52. The number of likely N-dealkylation sites (N-methyl/N-ethyl adjacent to an activating group) is 2. The van der Waals surface area contributed by atoms with Gasteiger partial charge in [-0.2, -0.15) is 0 Å². The van der Waals surface area contributed by atoms with Crippen molar-refractivity contribution in [3.8, 4) is 0 Å². The molecule has 0 bridgehead atoms. The van der Waals surface area contributed by atoms with Crippen LogP contribution in [0.2, 0.25) is 0 Å². The summed E-state index contributed by atoms with van der Waals surface area (Å²) in [6.07, 6.45) is 1.13. The second-order valence-electron chi connectivity index (χ2n) is 5.72. The summed E-state index contributed by atoms with van der Waals surface area (Å²) in [4.78, 5) is 14.6. The zero-order chi connectivity index (χ0) is 15.9. The summed E-state index contributed by atoms with van der Waals surface area (Å²) < 4.78 is 5.07. The minimum Gasteiger partial charge on any atom is -0.467 e. The van der Waals surface area contributed by atoms with Crippen molar-refractivity contribution in [1.29, 1.82) is 0 Å². The largest absolute Gasteiger partial charge is 0.467 e. The standard InChI is InChI=1S/C17H28N2O2/c1-6-14(2)12-19(4)13-17(18-3,16(20)21-5)15-10-8-7-9-11-15/h7-11,14,18H,6,12-13H2,1-5H3. The van der Waals surface area contributed by atoms with Crippen LogP contribution in [0.25, 0.3) is 0 Å². The van der Waals surface area contributed by atoms with Crippen LogP contribution in [-0.4, -0.2) is 45.2 Å². The maximum atomic E-state index is 12.4. The Bertz CT molecular complexity index is 436. The van der Waals surface area contributed by atoms with Gasteiger partial charge in [0, 0.05) is 13.1 Å². The first-order valence-electron chi connectivity index (χ1n) is 7.51. The molecular weight excluding hydrogens is 264 g/mol. The molecule has 1 aromatic rings. The van der Waals surface area contributed by atoms with Gasteiger partial charge in [-0.3, -0.25) is 0 Å². The molecular formula is C17H28N2O2. The number of carbonyl (C=O) groups excluding carboxylic acids is 1. The molecule has 4 heteroatoms. The second kappa shape index (κ2) is 8.15. The Morgan fingerprint density at radius 3 is 2.48 bits per heavy atom. The number of carbonyl (C=O) groups is 1. The number of methoxy groups -OCH3 is 1. The SMILES string of the molecule is CCC(C)CN(C)CC(NC)(C(=O)OC)c1ccccc1. The molecule has 21 heavy (non-hydrogen) atoms. The van der Waals surface area contributed by atoms with E-state index in [9.17, 15) is 4.79 Å². The molecule has 0 aliphatic heterocycles. The van der Waals surface area contributed by atoms with E-state index in [0.29, 0.717) is 12.5 Å². The predicted octanol–water partition coefficient (Wildman–Crippen LogP) is 2.25. The molecule has 0 fully saturated rings. The van der Waals surface area contributed by atoms with Crippen molar-refractivity contribution in [2.24, 2.45) is 5.92 Å². The lowest BCUT2D eigenvalue weighted by atomic mass is 9.89. The van der Waals surface area contributed by atoms with E-state index in [2.05, 4.69) is 24.1 Å². The van der Waals surface area contributed by atoms with E-state index in [4.69, 9.17) is 4.74 Å². The Balaban J connectivity index is 3.05. The third-order valence-electron chi connectivity index (χ3n) is 4.05. The third kappa shape index (κ3) is 4.29. The summed E-state index contributed by atoms with van der Waals surface area (Å²) in [5.41, 5.74) is 0.0912. The number of hydrogen-bond donors (Lipinski definition) is 1. The molecule has 0 aromatic heterocycles. The van der Waals surface area contributed by atoms with Gasteiger partial charge in [0.15, 0.2) is 5.54 Å². The first-order valence-corrected chi connectivity index (χ1v) is 7.51. The minimum atomic E-state index is -0.835. The fourth-order valence-corrected chi connectivity index (χ4v) is 2.63. The van der Waals surface area contributed by atoms with E-state index < -0.39 is 5.54 Å². The Hall–Kier alpha value is -1.39. The Morgan fingerprint density at radius 2 is 2.00 bits per heavy atom. The van der Waals surface area contributed by atoms with Crippen LogP contribution in [0.4, 0.5) is 0 Å². The van der Waals surface area contributed by atoms with Crippen LogP contribution in [0.5, 0.6) is 0 Å². The summed E-state index contributed by atoms with van der Waals surface area (Å²) in [7, 11) is 5.29. The number of benzene rings is 1. The maximum absolute atomic E-state index is 12.4. The second-order valence-corrected chi connectivity index (χ2v) is 5.72. The average molecular weight is 292 g/mol. The van der Waals surface area contributed by atoms with Crippen molar-refractivity contribution in [2.45, 2.75) is 25.8 Å². The van der Waals surface area contributed by atoms with Gasteiger partial charge in [0.05, 0.1) is 7.11 Å². The molecule has 2 unspecified atom stereocenters. The van der Waals surface area contributed by atoms with Gasteiger partial charge in [-0.25, -0.2) is 4.79 Å². The lowest BCUT2D eigenvalue weighted by Gasteiger charge is -2.35. The number of nitrogens with one attached hydrogen (secondary N) is 1. The van der Waals surface area contributed by atoms with Crippen LogP contribution >= 0.6 is 0 Å². The number of rotatable bonds is 8. The molecule has 1 N–H and O–H groups in total. The van der Waals surface area contributed by atoms with Crippen LogP contribution in [0.1, 0.15) is 25.8 Å². The molecule has 0 amide bonds. The molecule has 4 nitrogen and oxygen atoms in total. The van der Waals surface area contributed by atoms with E-state index in [1.54, 1.807) is 7.05 Å². The van der Waals surface area contributed by atoms with Crippen molar-refractivity contribution in [2.75, 3.05) is 34.3 Å². The normalized spacial score (nSPS) is 15.5. The molecule has 2 atom stereocenters. The Labute approximate surface area is 128 Å². The van der Waals surface area contributed by atoms with E-state index in [1.807, 2.05) is 37.4 Å². The van der Waals surface area contributed by atoms with Gasteiger partial charge in [-0.05, 0) is 25.6 Å². The smallest absolute Gasteiger partial charge is 0.332 e. The van der Waals surface area contributed by atoms with Crippen LogP contribution in [-0.2, 0) is 15.1 Å². The van der Waals surface area contributed by atoms with Gasteiger partial charge in [-0.1, -0.05) is 50.6 Å². The molecule has 0 heterocycles. The van der Waals surface area contributed by atoms with Crippen molar-refractivity contribution in [3.05, 3.63) is 35.9 Å². The lowest BCUT2D eigenvalue weighted by Crippen LogP contribution is -2.55. The zero-order valence-electron chi connectivity index (χ0n) is 13.8. The molecule has 0 aliphatic carbocycles. The molecule has 0 spiro atoms. The summed E-state index contributed by atoms with van der Waals surface area (Å²) in [6.45, 7) is 5.92. The monoisotopic (exact) mass is 292 g/mol. The van der Waals surface area contributed by atoms with Gasteiger partial charge in [-0.15, -0.1) is 0 Å².